The summed E-state index contributed by atoms with van der Waals surface area (Å²) in [4.78, 5) is 14.6. The number of allylic oxidation sites excluding steroid dienone is 3. The van der Waals surface area contributed by atoms with Crippen molar-refractivity contribution >= 4 is 5.91 Å². The van der Waals surface area contributed by atoms with Crippen molar-refractivity contribution < 1.29 is 4.79 Å². The zero-order valence-corrected chi connectivity index (χ0v) is 14.8. The third kappa shape index (κ3) is 7.50. The lowest BCUT2D eigenvalue weighted by Gasteiger charge is -2.29. The topological polar surface area (TPSA) is 20.3 Å². The molecule has 1 aliphatic carbocycles. The van der Waals surface area contributed by atoms with Crippen LogP contribution in [0.4, 0.5) is 0 Å². The number of nitrogens with zero attached hydrogens (tertiary/aromatic N) is 1. The van der Waals surface area contributed by atoms with Crippen molar-refractivity contribution in [2.45, 2.75) is 67.2 Å². The first-order valence-electron chi connectivity index (χ1n) is 8.28. The molecule has 0 spiro atoms. The average molecular weight is 291 g/mol. The lowest BCUT2D eigenvalue weighted by molar-refractivity contribution is -0.139. The molecule has 0 aromatic carbocycles. The second kappa shape index (κ2) is 7.82. The molecule has 0 heterocycles. The van der Waals surface area contributed by atoms with E-state index in [2.05, 4.69) is 37.8 Å². The highest BCUT2D eigenvalue weighted by atomic mass is 16.2. The zero-order valence-electron chi connectivity index (χ0n) is 14.8. The summed E-state index contributed by atoms with van der Waals surface area (Å²) in [5.41, 5.74) is 2.48. The Hall–Kier alpha value is -1.05. The minimum atomic E-state index is -0.279. The molecule has 1 amide bonds. The Labute approximate surface area is 131 Å². The molecule has 0 atom stereocenters. The van der Waals surface area contributed by atoms with E-state index in [1.165, 1.54) is 24.0 Å². The molecule has 0 aromatic heterocycles. The van der Waals surface area contributed by atoms with E-state index in [-0.39, 0.29) is 11.3 Å². The maximum atomic E-state index is 12.5. The van der Waals surface area contributed by atoms with E-state index in [1.54, 1.807) is 0 Å². The van der Waals surface area contributed by atoms with Crippen LogP contribution in [0.5, 0.6) is 0 Å². The molecule has 1 fully saturated rings. The number of amides is 1. The second-order valence-electron chi connectivity index (χ2n) is 7.77. The SMILES string of the molecule is CC(C)=CCC/C(C)=C/CN(CC1CC1)C(=O)C(C)(C)C. The Morgan fingerprint density at radius 2 is 1.76 bits per heavy atom. The van der Waals surface area contributed by atoms with Gasteiger partial charge in [0.1, 0.15) is 0 Å². The van der Waals surface area contributed by atoms with Gasteiger partial charge in [0.25, 0.3) is 0 Å². The van der Waals surface area contributed by atoms with E-state index < -0.39 is 0 Å². The van der Waals surface area contributed by atoms with Crippen LogP contribution in [-0.2, 0) is 4.79 Å². The van der Waals surface area contributed by atoms with Crippen LogP contribution in [0.1, 0.15) is 67.2 Å². The summed E-state index contributed by atoms with van der Waals surface area (Å²) in [5, 5.41) is 0. The maximum absolute atomic E-state index is 12.5. The fraction of sp³-hybridized carbons (Fsp3) is 0.737. The maximum Gasteiger partial charge on any atom is 0.228 e. The number of rotatable bonds is 7. The number of hydrogen-bond acceptors (Lipinski definition) is 1. The third-order valence-electron chi connectivity index (χ3n) is 3.86. The third-order valence-corrected chi connectivity index (χ3v) is 3.86. The lowest BCUT2D eigenvalue weighted by atomic mass is 9.94. The van der Waals surface area contributed by atoms with E-state index in [1.807, 2.05) is 20.8 Å². The van der Waals surface area contributed by atoms with Gasteiger partial charge in [-0.15, -0.1) is 0 Å². The average Bonchev–Trinajstić information content (AvgIpc) is 3.15. The zero-order chi connectivity index (χ0) is 16.0. The van der Waals surface area contributed by atoms with Crippen LogP contribution in [-0.4, -0.2) is 23.9 Å². The highest BCUT2D eigenvalue weighted by Gasteiger charge is 2.31. The van der Waals surface area contributed by atoms with Crippen LogP contribution in [0.3, 0.4) is 0 Å². The summed E-state index contributed by atoms with van der Waals surface area (Å²) < 4.78 is 0. The molecule has 2 heteroatoms. The van der Waals surface area contributed by atoms with Crippen molar-refractivity contribution in [3.8, 4) is 0 Å². The van der Waals surface area contributed by atoms with Crippen molar-refractivity contribution in [1.82, 2.24) is 4.90 Å². The number of hydrogen-bond donors (Lipinski definition) is 0. The van der Waals surface area contributed by atoms with Gasteiger partial charge in [-0.2, -0.15) is 0 Å². The molecule has 1 saturated carbocycles. The van der Waals surface area contributed by atoms with Gasteiger partial charge in [-0.05, 0) is 52.4 Å². The largest absolute Gasteiger partial charge is 0.338 e. The molecule has 1 rings (SSSR count). The van der Waals surface area contributed by atoms with Gasteiger partial charge in [0, 0.05) is 18.5 Å². The van der Waals surface area contributed by atoms with E-state index in [0.29, 0.717) is 0 Å². The summed E-state index contributed by atoms with van der Waals surface area (Å²) in [7, 11) is 0. The Bertz CT molecular complexity index is 404. The highest BCUT2D eigenvalue weighted by Crippen LogP contribution is 2.31. The van der Waals surface area contributed by atoms with Crippen LogP contribution in [0, 0.1) is 11.3 Å². The molecule has 0 radical (unpaired) electrons. The van der Waals surface area contributed by atoms with Gasteiger partial charge in [-0.1, -0.05) is 44.1 Å². The summed E-state index contributed by atoms with van der Waals surface area (Å²) in [5.74, 6) is 1.03. The molecule has 2 nitrogen and oxygen atoms in total. The smallest absolute Gasteiger partial charge is 0.228 e. The standard InChI is InChI=1S/C19H33NO/c1-15(2)8-7-9-16(3)12-13-20(14-17-10-11-17)18(21)19(4,5)6/h8,12,17H,7,9-11,13-14H2,1-6H3/b16-12+. The van der Waals surface area contributed by atoms with Crippen molar-refractivity contribution in [1.29, 1.82) is 0 Å². The number of carbonyl (C=O) groups excluding carboxylic acids is 1. The molecule has 1 aliphatic rings. The first-order valence-corrected chi connectivity index (χ1v) is 8.28. The second-order valence-corrected chi connectivity index (χ2v) is 7.77. The lowest BCUT2D eigenvalue weighted by Crippen LogP contribution is -2.40. The minimum absolute atomic E-state index is 0.279. The molecule has 0 aromatic rings. The van der Waals surface area contributed by atoms with Gasteiger partial charge < -0.3 is 4.90 Å². The van der Waals surface area contributed by atoms with Crippen molar-refractivity contribution in [3.63, 3.8) is 0 Å². The predicted octanol–water partition coefficient (Wildman–Crippen LogP) is 4.96. The minimum Gasteiger partial charge on any atom is -0.338 e. The van der Waals surface area contributed by atoms with Gasteiger partial charge in [0.05, 0.1) is 0 Å². The fourth-order valence-corrected chi connectivity index (χ4v) is 2.28. The molecular formula is C19H33NO. The Morgan fingerprint density at radius 1 is 1.14 bits per heavy atom. The summed E-state index contributed by atoms with van der Waals surface area (Å²) >= 11 is 0. The fourth-order valence-electron chi connectivity index (χ4n) is 2.28. The van der Waals surface area contributed by atoms with Gasteiger partial charge in [-0.25, -0.2) is 0 Å². The molecule has 21 heavy (non-hydrogen) atoms. The Balaban J connectivity index is 2.55. The summed E-state index contributed by atoms with van der Waals surface area (Å²) in [6.45, 7) is 14.2. The van der Waals surface area contributed by atoms with Gasteiger partial charge in [0.15, 0.2) is 0 Å². The molecular weight excluding hydrogens is 258 g/mol. The van der Waals surface area contributed by atoms with E-state index >= 15 is 0 Å². The van der Waals surface area contributed by atoms with Crippen LogP contribution in [0.2, 0.25) is 0 Å². The van der Waals surface area contributed by atoms with E-state index in [9.17, 15) is 4.79 Å². The molecule has 0 N–H and O–H groups in total. The Kier molecular flexibility index (Phi) is 6.70. The van der Waals surface area contributed by atoms with Gasteiger partial charge in [-0.3, -0.25) is 4.79 Å². The molecule has 0 bridgehead atoms. The van der Waals surface area contributed by atoms with Gasteiger partial charge in [0.2, 0.25) is 5.91 Å². The van der Waals surface area contributed by atoms with E-state index in [0.717, 1.165) is 31.8 Å². The Morgan fingerprint density at radius 3 is 2.24 bits per heavy atom. The van der Waals surface area contributed by atoms with Crippen molar-refractivity contribution in [2.75, 3.05) is 13.1 Å². The molecule has 120 valence electrons. The highest BCUT2D eigenvalue weighted by molar-refractivity contribution is 5.81. The first-order chi connectivity index (χ1) is 9.70. The molecule has 0 unspecified atom stereocenters. The predicted molar refractivity (Wildman–Crippen MR) is 91.2 cm³/mol. The first kappa shape index (κ1) is 18.0. The molecule has 0 aliphatic heterocycles. The van der Waals surface area contributed by atoms with Crippen LogP contribution in [0.25, 0.3) is 0 Å². The monoisotopic (exact) mass is 291 g/mol. The summed E-state index contributed by atoms with van der Waals surface area (Å²) in [6.07, 6.45) is 9.28. The van der Waals surface area contributed by atoms with E-state index in [4.69, 9.17) is 0 Å². The quantitative estimate of drug-likeness (QED) is 0.607. The number of carbonyl (C=O) groups is 1. The molecule has 0 saturated heterocycles. The summed E-state index contributed by atoms with van der Waals surface area (Å²) in [6, 6.07) is 0. The van der Waals surface area contributed by atoms with Gasteiger partial charge >= 0.3 is 0 Å². The van der Waals surface area contributed by atoms with Crippen molar-refractivity contribution in [2.24, 2.45) is 11.3 Å². The van der Waals surface area contributed by atoms with Crippen LogP contribution >= 0.6 is 0 Å². The van der Waals surface area contributed by atoms with Crippen molar-refractivity contribution in [3.05, 3.63) is 23.3 Å². The van der Waals surface area contributed by atoms with Crippen LogP contribution < -0.4 is 0 Å². The van der Waals surface area contributed by atoms with Crippen LogP contribution in [0.15, 0.2) is 23.3 Å². The normalized spacial score (nSPS) is 15.8.